The lowest BCUT2D eigenvalue weighted by molar-refractivity contribution is -0.151. The minimum absolute atomic E-state index is 0.0920. The number of fused-ring (bicyclic) bond motifs is 1. The van der Waals surface area contributed by atoms with Gasteiger partial charge in [0, 0.05) is 6.54 Å². The van der Waals surface area contributed by atoms with Crippen LogP contribution in [-0.2, 0) is 21.5 Å². The van der Waals surface area contributed by atoms with Crippen LogP contribution in [0.5, 0.6) is 11.5 Å². The number of rotatable bonds is 3. The summed E-state index contributed by atoms with van der Waals surface area (Å²) >= 11 is 0. The third kappa shape index (κ3) is 2.26. The SMILES string of the molecule is CCOC(=O)C1(C)NCCc2cc(O)c(OC)cc21. The Hall–Kier alpha value is -1.75. The summed E-state index contributed by atoms with van der Waals surface area (Å²) in [7, 11) is 1.49. The summed E-state index contributed by atoms with van der Waals surface area (Å²) in [5.74, 6) is 0.135. The Balaban J connectivity index is 2.51. The molecule has 1 atom stereocenters. The number of hydrogen-bond donors (Lipinski definition) is 2. The molecule has 0 aliphatic carbocycles. The second-order valence-corrected chi connectivity index (χ2v) is 4.70. The summed E-state index contributed by atoms with van der Waals surface area (Å²) in [6.07, 6.45) is 0.752. The van der Waals surface area contributed by atoms with E-state index >= 15 is 0 Å². The topological polar surface area (TPSA) is 67.8 Å². The number of benzene rings is 1. The van der Waals surface area contributed by atoms with Gasteiger partial charge in [0.15, 0.2) is 11.5 Å². The number of aromatic hydroxyl groups is 1. The van der Waals surface area contributed by atoms with E-state index in [1.54, 1.807) is 26.0 Å². The van der Waals surface area contributed by atoms with Crippen LogP contribution in [0.3, 0.4) is 0 Å². The second kappa shape index (κ2) is 5.09. The van der Waals surface area contributed by atoms with Crippen molar-refractivity contribution in [2.45, 2.75) is 25.8 Å². The van der Waals surface area contributed by atoms with Gasteiger partial charge in [-0.05, 0) is 43.5 Å². The average molecular weight is 265 g/mol. The summed E-state index contributed by atoms with van der Waals surface area (Å²) in [6.45, 7) is 4.57. The number of carbonyl (C=O) groups is 1. The zero-order valence-electron chi connectivity index (χ0n) is 11.4. The van der Waals surface area contributed by atoms with Crippen LogP contribution in [0.15, 0.2) is 12.1 Å². The third-order valence-corrected chi connectivity index (χ3v) is 3.50. The number of methoxy groups -OCH3 is 1. The highest BCUT2D eigenvalue weighted by atomic mass is 16.5. The van der Waals surface area contributed by atoms with Crippen molar-refractivity contribution in [1.82, 2.24) is 5.32 Å². The van der Waals surface area contributed by atoms with Gasteiger partial charge in [-0.25, -0.2) is 4.79 Å². The first-order chi connectivity index (χ1) is 9.02. The van der Waals surface area contributed by atoms with Crippen molar-refractivity contribution in [2.24, 2.45) is 0 Å². The van der Waals surface area contributed by atoms with Crippen molar-refractivity contribution in [1.29, 1.82) is 0 Å². The van der Waals surface area contributed by atoms with E-state index in [0.29, 0.717) is 18.9 Å². The molecule has 1 aromatic rings. The highest BCUT2D eigenvalue weighted by Crippen LogP contribution is 2.37. The summed E-state index contributed by atoms with van der Waals surface area (Å²) in [5.41, 5.74) is 0.837. The van der Waals surface area contributed by atoms with Crippen LogP contribution >= 0.6 is 0 Å². The zero-order valence-corrected chi connectivity index (χ0v) is 11.4. The van der Waals surface area contributed by atoms with Gasteiger partial charge in [-0.15, -0.1) is 0 Å². The van der Waals surface area contributed by atoms with Gasteiger partial charge in [0.25, 0.3) is 0 Å². The number of carbonyl (C=O) groups excluding carboxylic acids is 1. The van der Waals surface area contributed by atoms with E-state index in [9.17, 15) is 9.90 Å². The second-order valence-electron chi connectivity index (χ2n) is 4.70. The van der Waals surface area contributed by atoms with Crippen LogP contribution in [0, 0.1) is 0 Å². The average Bonchev–Trinajstić information content (AvgIpc) is 2.38. The molecule has 5 nitrogen and oxygen atoms in total. The van der Waals surface area contributed by atoms with Gasteiger partial charge < -0.3 is 14.6 Å². The molecule has 0 fully saturated rings. The maximum Gasteiger partial charge on any atom is 0.330 e. The van der Waals surface area contributed by atoms with Crippen LogP contribution in [0.4, 0.5) is 0 Å². The number of esters is 1. The molecule has 19 heavy (non-hydrogen) atoms. The van der Waals surface area contributed by atoms with Gasteiger partial charge in [0.05, 0.1) is 13.7 Å². The van der Waals surface area contributed by atoms with Crippen LogP contribution in [-0.4, -0.2) is 31.3 Å². The monoisotopic (exact) mass is 265 g/mol. The zero-order chi connectivity index (χ0) is 14.0. The number of hydrogen-bond acceptors (Lipinski definition) is 5. The fourth-order valence-corrected chi connectivity index (χ4v) is 2.45. The minimum atomic E-state index is -0.898. The lowest BCUT2D eigenvalue weighted by Crippen LogP contribution is -2.51. The van der Waals surface area contributed by atoms with Crippen molar-refractivity contribution < 1.29 is 19.4 Å². The molecule has 104 valence electrons. The molecular formula is C14H19NO4. The quantitative estimate of drug-likeness (QED) is 0.807. The number of nitrogens with one attached hydrogen (secondary N) is 1. The molecule has 1 aliphatic rings. The Morgan fingerprint density at radius 1 is 1.53 bits per heavy atom. The maximum atomic E-state index is 12.2. The lowest BCUT2D eigenvalue weighted by atomic mass is 9.83. The van der Waals surface area contributed by atoms with E-state index in [4.69, 9.17) is 9.47 Å². The Kier molecular flexibility index (Phi) is 3.66. The van der Waals surface area contributed by atoms with Crippen molar-refractivity contribution in [2.75, 3.05) is 20.3 Å². The largest absolute Gasteiger partial charge is 0.504 e. The van der Waals surface area contributed by atoms with E-state index in [1.807, 2.05) is 0 Å². The number of phenolic OH excluding ortho intramolecular Hbond substituents is 1. The standard InChI is InChI=1S/C14H19NO4/c1-4-19-13(17)14(2)10-8-12(18-3)11(16)7-9(10)5-6-15-14/h7-8,15-16H,4-6H2,1-3H3. The Labute approximate surface area is 112 Å². The molecule has 0 saturated carbocycles. The highest BCUT2D eigenvalue weighted by Gasteiger charge is 2.40. The molecule has 5 heteroatoms. The van der Waals surface area contributed by atoms with E-state index in [0.717, 1.165) is 17.5 Å². The van der Waals surface area contributed by atoms with Gasteiger partial charge in [-0.1, -0.05) is 0 Å². The molecule has 0 aromatic heterocycles. The molecule has 0 bridgehead atoms. The molecule has 1 heterocycles. The smallest absolute Gasteiger partial charge is 0.330 e. The Morgan fingerprint density at radius 3 is 2.89 bits per heavy atom. The summed E-state index contributed by atoms with van der Waals surface area (Å²) < 4.78 is 10.3. The third-order valence-electron chi connectivity index (χ3n) is 3.50. The summed E-state index contributed by atoms with van der Waals surface area (Å²) in [4.78, 5) is 12.2. The van der Waals surface area contributed by atoms with Gasteiger partial charge in [-0.2, -0.15) is 0 Å². The van der Waals surface area contributed by atoms with Gasteiger partial charge in [-0.3, -0.25) is 5.32 Å². The van der Waals surface area contributed by atoms with Gasteiger partial charge in [0.2, 0.25) is 0 Å². The van der Waals surface area contributed by atoms with E-state index < -0.39 is 5.54 Å². The fraction of sp³-hybridized carbons (Fsp3) is 0.500. The highest BCUT2D eigenvalue weighted by molar-refractivity contribution is 5.83. The first-order valence-corrected chi connectivity index (χ1v) is 6.35. The predicted molar refractivity (Wildman–Crippen MR) is 70.4 cm³/mol. The van der Waals surface area contributed by atoms with Crippen LogP contribution in [0.1, 0.15) is 25.0 Å². The van der Waals surface area contributed by atoms with E-state index in [1.165, 1.54) is 7.11 Å². The van der Waals surface area contributed by atoms with Crippen molar-refractivity contribution >= 4 is 5.97 Å². The molecule has 0 saturated heterocycles. The summed E-state index contributed by atoms with van der Waals surface area (Å²) in [6, 6.07) is 3.36. The molecule has 2 rings (SSSR count). The molecular weight excluding hydrogens is 246 g/mol. The normalized spacial score (nSPS) is 21.6. The first-order valence-electron chi connectivity index (χ1n) is 6.35. The molecule has 1 aromatic carbocycles. The molecule has 0 amide bonds. The molecule has 2 N–H and O–H groups in total. The van der Waals surface area contributed by atoms with Gasteiger partial charge in [0.1, 0.15) is 5.54 Å². The van der Waals surface area contributed by atoms with Crippen molar-refractivity contribution in [3.63, 3.8) is 0 Å². The predicted octanol–water partition coefficient (Wildman–Crippen LogP) is 1.32. The van der Waals surface area contributed by atoms with Crippen molar-refractivity contribution in [3.05, 3.63) is 23.3 Å². The minimum Gasteiger partial charge on any atom is -0.504 e. The number of phenols is 1. The molecule has 1 aliphatic heterocycles. The van der Waals surface area contributed by atoms with Crippen LogP contribution < -0.4 is 10.1 Å². The lowest BCUT2D eigenvalue weighted by Gasteiger charge is -2.35. The summed E-state index contributed by atoms with van der Waals surface area (Å²) in [5, 5.41) is 13.0. The van der Waals surface area contributed by atoms with E-state index in [2.05, 4.69) is 5.32 Å². The Bertz CT molecular complexity index is 500. The van der Waals surface area contributed by atoms with E-state index in [-0.39, 0.29) is 11.7 Å². The van der Waals surface area contributed by atoms with Crippen molar-refractivity contribution in [3.8, 4) is 11.5 Å². The van der Waals surface area contributed by atoms with Crippen LogP contribution in [0.2, 0.25) is 0 Å². The molecule has 0 spiro atoms. The van der Waals surface area contributed by atoms with Gasteiger partial charge >= 0.3 is 5.97 Å². The fourth-order valence-electron chi connectivity index (χ4n) is 2.45. The molecule has 1 unspecified atom stereocenters. The molecule has 0 radical (unpaired) electrons. The maximum absolute atomic E-state index is 12.2. The number of ether oxygens (including phenoxy) is 2. The van der Waals surface area contributed by atoms with Crippen LogP contribution in [0.25, 0.3) is 0 Å². The first kappa shape index (κ1) is 13.7. The Morgan fingerprint density at radius 2 is 2.26 bits per heavy atom.